The highest BCUT2D eigenvalue weighted by molar-refractivity contribution is 5.89. The molecule has 5 nitrogen and oxygen atoms in total. The minimum atomic E-state index is -0.861. The third kappa shape index (κ3) is 4.29. The highest BCUT2D eigenvalue weighted by Gasteiger charge is 2.49. The molecule has 21 heavy (non-hydrogen) atoms. The summed E-state index contributed by atoms with van der Waals surface area (Å²) in [6.07, 6.45) is 0.474. The Bertz CT molecular complexity index is 502. The Morgan fingerprint density at radius 2 is 1.81 bits per heavy atom. The van der Waals surface area contributed by atoms with Crippen LogP contribution < -0.4 is 0 Å². The summed E-state index contributed by atoms with van der Waals surface area (Å²) in [6.45, 7) is 1.92. The number of benzene rings is 1. The fourth-order valence-electron chi connectivity index (χ4n) is 2.37. The van der Waals surface area contributed by atoms with Crippen molar-refractivity contribution in [2.75, 3.05) is 27.2 Å². The maximum absolute atomic E-state index is 12.5. The van der Waals surface area contributed by atoms with Gasteiger partial charge in [0.25, 0.3) is 0 Å². The largest absolute Gasteiger partial charge is 0.481 e. The van der Waals surface area contributed by atoms with Crippen LogP contribution in [0.25, 0.3) is 0 Å². The summed E-state index contributed by atoms with van der Waals surface area (Å²) in [5.41, 5.74) is 1.07. The van der Waals surface area contributed by atoms with Gasteiger partial charge in [0.1, 0.15) is 0 Å². The lowest BCUT2D eigenvalue weighted by molar-refractivity contribution is -0.142. The van der Waals surface area contributed by atoms with Crippen LogP contribution in [0.3, 0.4) is 0 Å². The number of aliphatic carboxylic acids is 1. The van der Waals surface area contributed by atoms with Crippen LogP contribution in [0, 0.1) is 11.8 Å². The summed E-state index contributed by atoms with van der Waals surface area (Å²) < 4.78 is 0. The zero-order valence-corrected chi connectivity index (χ0v) is 12.5. The van der Waals surface area contributed by atoms with E-state index in [0.29, 0.717) is 19.5 Å². The van der Waals surface area contributed by atoms with Crippen molar-refractivity contribution < 1.29 is 14.7 Å². The van der Waals surface area contributed by atoms with Gasteiger partial charge >= 0.3 is 5.97 Å². The van der Waals surface area contributed by atoms with Crippen LogP contribution >= 0.6 is 0 Å². The summed E-state index contributed by atoms with van der Waals surface area (Å²) in [6, 6.07) is 9.80. The van der Waals surface area contributed by atoms with Gasteiger partial charge in [-0.15, -0.1) is 0 Å². The first-order valence-corrected chi connectivity index (χ1v) is 7.19. The van der Waals surface area contributed by atoms with E-state index in [0.717, 1.165) is 12.1 Å². The predicted molar refractivity (Wildman–Crippen MR) is 79.6 cm³/mol. The smallest absolute Gasteiger partial charge is 0.307 e. The molecule has 0 saturated heterocycles. The molecule has 0 aliphatic heterocycles. The van der Waals surface area contributed by atoms with Crippen molar-refractivity contribution in [2.45, 2.75) is 13.0 Å². The number of likely N-dealkylation sites (N-methyl/N-ethyl adjacent to an activating group) is 1. The molecule has 1 aromatic carbocycles. The van der Waals surface area contributed by atoms with E-state index in [4.69, 9.17) is 5.11 Å². The topological polar surface area (TPSA) is 60.9 Å². The van der Waals surface area contributed by atoms with Crippen molar-refractivity contribution in [3.63, 3.8) is 0 Å². The Labute approximate surface area is 125 Å². The second kappa shape index (κ2) is 6.72. The second-order valence-electron chi connectivity index (χ2n) is 5.84. The normalized spacial score (nSPS) is 20.3. The summed E-state index contributed by atoms with van der Waals surface area (Å²) in [7, 11) is 3.92. The van der Waals surface area contributed by atoms with Crippen LogP contribution in [0.2, 0.25) is 0 Å². The molecule has 0 spiro atoms. The Hall–Kier alpha value is -1.88. The van der Waals surface area contributed by atoms with Crippen molar-refractivity contribution in [1.82, 2.24) is 9.80 Å². The Kier molecular flexibility index (Phi) is 4.96. The van der Waals surface area contributed by atoms with Crippen LogP contribution in [0.1, 0.15) is 12.0 Å². The van der Waals surface area contributed by atoms with Gasteiger partial charge in [-0.05, 0) is 26.1 Å². The lowest BCUT2D eigenvalue weighted by atomic mass is 10.2. The number of carboxylic acids is 1. The molecule has 0 unspecified atom stereocenters. The summed E-state index contributed by atoms with van der Waals surface area (Å²) in [4.78, 5) is 27.2. The SMILES string of the molecule is CN(C)CCN(Cc1ccccc1)C(=O)[C@@H]1C[C@@H]1C(=O)O. The number of hydrogen-bond acceptors (Lipinski definition) is 3. The number of carbonyl (C=O) groups is 2. The lowest BCUT2D eigenvalue weighted by Gasteiger charge is -2.24. The standard InChI is InChI=1S/C16H22N2O3/c1-17(2)8-9-18(11-12-6-4-3-5-7-12)15(19)13-10-14(13)16(20)21/h3-7,13-14H,8-11H2,1-2H3,(H,20,21)/t13-,14+/m1/s1. The third-order valence-electron chi connectivity index (χ3n) is 3.77. The van der Waals surface area contributed by atoms with Crippen LogP contribution in [-0.2, 0) is 16.1 Å². The minimum Gasteiger partial charge on any atom is -0.481 e. The first-order valence-electron chi connectivity index (χ1n) is 7.19. The molecule has 1 aromatic rings. The van der Waals surface area contributed by atoms with Gasteiger partial charge in [-0.3, -0.25) is 9.59 Å². The Balaban J connectivity index is 2.01. The first-order chi connectivity index (χ1) is 9.99. The molecule has 0 bridgehead atoms. The van der Waals surface area contributed by atoms with E-state index in [1.165, 1.54) is 0 Å². The fraction of sp³-hybridized carbons (Fsp3) is 0.500. The van der Waals surface area contributed by atoms with Crippen LogP contribution in [0.15, 0.2) is 30.3 Å². The fourth-order valence-corrected chi connectivity index (χ4v) is 2.37. The van der Waals surface area contributed by atoms with E-state index in [1.54, 1.807) is 4.90 Å². The minimum absolute atomic E-state index is 0.0342. The highest BCUT2D eigenvalue weighted by atomic mass is 16.4. The molecular weight excluding hydrogens is 268 g/mol. The maximum atomic E-state index is 12.5. The second-order valence-corrected chi connectivity index (χ2v) is 5.84. The molecule has 1 aliphatic carbocycles. The van der Waals surface area contributed by atoms with Gasteiger partial charge < -0.3 is 14.9 Å². The van der Waals surface area contributed by atoms with Gasteiger partial charge in [-0.1, -0.05) is 30.3 Å². The highest BCUT2D eigenvalue weighted by Crippen LogP contribution is 2.40. The predicted octanol–water partition coefficient (Wildman–Crippen LogP) is 1.30. The zero-order chi connectivity index (χ0) is 15.4. The van der Waals surface area contributed by atoms with Gasteiger partial charge in [0.2, 0.25) is 5.91 Å². The average Bonchev–Trinajstić information content (AvgIpc) is 3.24. The first kappa shape index (κ1) is 15.5. The summed E-state index contributed by atoms with van der Waals surface area (Å²) >= 11 is 0. The molecule has 1 fully saturated rings. The number of hydrogen-bond donors (Lipinski definition) is 1. The van der Waals surface area contributed by atoms with Gasteiger partial charge in [-0.2, -0.15) is 0 Å². The monoisotopic (exact) mass is 290 g/mol. The molecule has 5 heteroatoms. The van der Waals surface area contributed by atoms with Crippen LogP contribution in [0.4, 0.5) is 0 Å². The van der Waals surface area contributed by atoms with Crippen molar-refractivity contribution in [1.29, 1.82) is 0 Å². The number of rotatable bonds is 7. The van der Waals surface area contributed by atoms with E-state index >= 15 is 0 Å². The van der Waals surface area contributed by atoms with E-state index in [9.17, 15) is 9.59 Å². The van der Waals surface area contributed by atoms with E-state index in [-0.39, 0.29) is 11.8 Å². The average molecular weight is 290 g/mol. The zero-order valence-electron chi connectivity index (χ0n) is 12.5. The quantitative estimate of drug-likeness (QED) is 0.822. The third-order valence-corrected chi connectivity index (χ3v) is 3.77. The maximum Gasteiger partial charge on any atom is 0.307 e. The summed E-state index contributed by atoms with van der Waals surface area (Å²) in [5, 5.41) is 8.98. The van der Waals surface area contributed by atoms with E-state index in [2.05, 4.69) is 0 Å². The molecule has 1 aliphatic rings. The molecular formula is C16H22N2O3. The Morgan fingerprint density at radius 1 is 1.14 bits per heavy atom. The number of amides is 1. The van der Waals surface area contributed by atoms with Crippen molar-refractivity contribution in [3.05, 3.63) is 35.9 Å². The van der Waals surface area contributed by atoms with E-state index < -0.39 is 11.9 Å². The number of carboxylic acid groups (broad SMARTS) is 1. The molecule has 114 valence electrons. The van der Waals surface area contributed by atoms with Crippen molar-refractivity contribution in [2.24, 2.45) is 11.8 Å². The molecule has 1 N–H and O–H groups in total. The van der Waals surface area contributed by atoms with Crippen molar-refractivity contribution in [3.8, 4) is 0 Å². The molecule has 0 heterocycles. The van der Waals surface area contributed by atoms with Crippen LogP contribution in [-0.4, -0.2) is 54.0 Å². The number of nitrogens with zero attached hydrogens (tertiary/aromatic N) is 2. The molecule has 2 rings (SSSR count). The van der Waals surface area contributed by atoms with Gasteiger partial charge in [0.15, 0.2) is 0 Å². The molecule has 0 aromatic heterocycles. The Morgan fingerprint density at radius 3 is 2.33 bits per heavy atom. The van der Waals surface area contributed by atoms with Gasteiger partial charge in [-0.25, -0.2) is 0 Å². The summed E-state index contributed by atoms with van der Waals surface area (Å²) in [5.74, 6) is -1.72. The van der Waals surface area contributed by atoms with Gasteiger partial charge in [0, 0.05) is 19.6 Å². The van der Waals surface area contributed by atoms with Gasteiger partial charge in [0.05, 0.1) is 11.8 Å². The van der Waals surface area contributed by atoms with Crippen LogP contribution in [0.5, 0.6) is 0 Å². The molecule has 1 amide bonds. The molecule has 0 radical (unpaired) electrons. The van der Waals surface area contributed by atoms with Crippen molar-refractivity contribution >= 4 is 11.9 Å². The molecule has 2 atom stereocenters. The number of carbonyl (C=O) groups excluding carboxylic acids is 1. The van der Waals surface area contributed by atoms with E-state index in [1.807, 2.05) is 49.3 Å². The lowest BCUT2D eigenvalue weighted by Crippen LogP contribution is -2.37. The molecule has 1 saturated carbocycles.